The molecule has 0 amide bonds. The van der Waals surface area contributed by atoms with Crippen molar-refractivity contribution in [3.05, 3.63) is 60.4 Å². The van der Waals surface area contributed by atoms with Gasteiger partial charge in [-0.3, -0.25) is 4.98 Å². The quantitative estimate of drug-likeness (QED) is 0.350. The smallest absolute Gasteiger partial charge is 0.167 e. The minimum absolute atomic E-state index is 0.0724. The predicted octanol–water partition coefficient (Wildman–Crippen LogP) is 5.04. The molecule has 1 saturated heterocycles. The van der Waals surface area contributed by atoms with Crippen molar-refractivity contribution in [3.63, 3.8) is 0 Å². The van der Waals surface area contributed by atoms with Gasteiger partial charge in [-0.1, -0.05) is 13.8 Å². The number of nitrogens with one attached hydrogen (secondary N) is 3. The van der Waals surface area contributed by atoms with Crippen molar-refractivity contribution in [2.75, 3.05) is 23.7 Å². The highest BCUT2D eigenvalue weighted by molar-refractivity contribution is 5.93. The zero-order chi connectivity index (χ0) is 24.7. The van der Waals surface area contributed by atoms with Gasteiger partial charge < -0.3 is 16.0 Å². The first-order valence-electron chi connectivity index (χ1n) is 12.4. The number of halogens is 1. The van der Waals surface area contributed by atoms with Crippen LogP contribution in [0, 0.1) is 11.2 Å². The van der Waals surface area contributed by atoms with Crippen LogP contribution in [0.1, 0.15) is 44.6 Å². The molecule has 5 heterocycles. The summed E-state index contributed by atoms with van der Waals surface area (Å²) in [6.07, 6.45) is 10.3. The minimum atomic E-state index is -0.443. The van der Waals surface area contributed by atoms with Gasteiger partial charge in [0.05, 0.1) is 11.7 Å². The minimum Gasteiger partial charge on any atom is -0.366 e. The first-order chi connectivity index (χ1) is 17.5. The lowest BCUT2D eigenvalue weighted by molar-refractivity contribution is 0.236. The summed E-state index contributed by atoms with van der Waals surface area (Å²) < 4.78 is 14.1. The van der Waals surface area contributed by atoms with E-state index in [1.165, 1.54) is 30.7 Å². The van der Waals surface area contributed by atoms with Crippen LogP contribution in [-0.2, 0) is 0 Å². The van der Waals surface area contributed by atoms with Crippen LogP contribution in [0.25, 0.3) is 22.3 Å². The molecule has 1 aliphatic carbocycles. The van der Waals surface area contributed by atoms with Crippen molar-refractivity contribution in [1.82, 2.24) is 30.2 Å². The van der Waals surface area contributed by atoms with Crippen LogP contribution in [0.5, 0.6) is 0 Å². The second-order valence-electron chi connectivity index (χ2n) is 10.3. The Morgan fingerprint density at radius 1 is 1.03 bits per heavy atom. The third-order valence-corrected chi connectivity index (χ3v) is 7.12. The Morgan fingerprint density at radius 3 is 2.72 bits per heavy atom. The lowest BCUT2D eigenvalue weighted by atomic mass is 9.80. The molecule has 2 aliphatic rings. The van der Waals surface area contributed by atoms with Crippen LogP contribution in [0.15, 0.2) is 49.1 Å². The molecule has 4 aromatic heterocycles. The summed E-state index contributed by atoms with van der Waals surface area (Å²) in [6, 6.07) is 6.85. The summed E-state index contributed by atoms with van der Waals surface area (Å²) in [5.41, 5.74) is 2.88. The van der Waals surface area contributed by atoms with Crippen LogP contribution >= 0.6 is 0 Å². The van der Waals surface area contributed by atoms with Crippen molar-refractivity contribution in [3.8, 4) is 11.4 Å². The van der Waals surface area contributed by atoms with Crippen molar-refractivity contribution >= 4 is 28.4 Å². The number of fused-ring (bicyclic) bond motifs is 1. The molecule has 4 aromatic rings. The van der Waals surface area contributed by atoms with E-state index in [-0.39, 0.29) is 17.3 Å². The third-order valence-electron chi connectivity index (χ3n) is 7.12. The normalized spacial score (nSPS) is 19.2. The van der Waals surface area contributed by atoms with Gasteiger partial charge in [0.2, 0.25) is 0 Å². The van der Waals surface area contributed by atoms with Crippen LogP contribution in [0.3, 0.4) is 0 Å². The summed E-state index contributed by atoms with van der Waals surface area (Å²) >= 11 is 0. The molecular weight excluding hydrogens is 455 g/mol. The van der Waals surface area contributed by atoms with E-state index in [9.17, 15) is 4.39 Å². The highest BCUT2D eigenvalue weighted by atomic mass is 19.1. The van der Waals surface area contributed by atoms with E-state index in [1.807, 2.05) is 24.5 Å². The van der Waals surface area contributed by atoms with Crippen molar-refractivity contribution < 1.29 is 4.39 Å². The molecule has 1 aliphatic heterocycles. The average Bonchev–Trinajstić information content (AvgIpc) is 3.72. The first kappa shape index (κ1) is 22.7. The van der Waals surface area contributed by atoms with Crippen LogP contribution in [-0.4, -0.2) is 44.1 Å². The molecule has 9 heteroatoms. The lowest BCUT2D eigenvalue weighted by Crippen LogP contribution is -2.49. The Balaban J connectivity index is 1.42. The van der Waals surface area contributed by atoms with E-state index in [2.05, 4.69) is 44.7 Å². The molecule has 3 N–H and O–H groups in total. The SMILES string of the molecule is CC1(C)CNCC[C@@H]1Nc1nc(-c2ccnc(Nc3ncccc3F)c2)nc2cncc(C3CC3)c12. The summed E-state index contributed by atoms with van der Waals surface area (Å²) in [7, 11) is 0. The third kappa shape index (κ3) is 4.46. The molecule has 1 saturated carbocycles. The predicted molar refractivity (Wildman–Crippen MR) is 139 cm³/mol. The molecule has 0 unspecified atom stereocenters. The van der Waals surface area contributed by atoms with Crippen molar-refractivity contribution in [2.24, 2.45) is 5.41 Å². The van der Waals surface area contributed by atoms with Crippen LogP contribution in [0.4, 0.5) is 21.8 Å². The molecule has 0 aromatic carbocycles. The Kier molecular flexibility index (Phi) is 5.72. The zero-order valence-corrected chi connectivity index (χ0v) is 20.4. The number of hydrogen-bond acceptors (Lipinski definition) is 8. The number of anilines is 3. The van der Waals surface area contributed by atoms with E-state index in [0.717, 1.165) is 41.8 Å². The van der Waals surface area contributed by atoms with E-state index < -0.39 is 5.82 Å². The molecule has 36 heavy (non-hydrogen) atoms. The molecule has 8 nitrogen and oxygen atoms in total. The number of pyridine rings is 3. The van der Waals surface area contributed by atoms with Crippen LogP contribution < -0.4 is 16.0 Å². The van der Waals surface area contributed by atoms with Gasteiger partial charge in [-0.25, -0.2) is 24.3 Å². The average molecular weight is 485 g/mol. The highest BCUT2D eigenvalue weighted by Crippen LogP contribution is 2.44. The molecule has 6 rings (SSSR count). The fourth-order valence-electron chi connectivity index (χ4n) is 4.89. The number of piperidine rings is 1. The van der Waals surface area contributed by atoms with E-state index in [4.69, 9.17) is 9.97 Å². The molecule has 0 spiro atoms. The summed E-state index contributed by atoms with van der Waals surface area (Å²) in [6.45, 7) is 6.47. The summed E-state index contributed by atoms with van der Waals surface area (Å²) in [4.78, 5) is 22.9. The van der Waals surface area contributed by atoms with Gasteiger partial charge in [0.1, 0.15) is 11.6 Å². The van der Waals surface area contributed by atoms with Gasteiger partial charge >= 0.3 is 0 Å². The molecule has 1 atom stereocenters. The number of hydrogen-bond donors (Lipinski definition) is 3. The maximum atomic E-state index is 14.1. The van der Waals surface area contributed by atoms with E-state index in [0.29, 0.717) is 17.6 Å². The van der Waals surface area contributed by atoms with E-state index >= 15 is 0 Å². The van der Waals surface area contributed by atoms with Gasteiger partial charge in [-0.15, -0.1) is 0 Å². The van der Waals surface area contributed by atoms with Gasteiger partial charge in [-0.2, -0.15) is 0 Å². The van der Waals surface area contributed by atoms with Gasteiger partial charge in [-0.05, 0) is 67.0 Å². The fraction of sp³-hybridized carbons (Fsp3) is 0.370. The van der Waals surface area contributed by atoms with Crippen molar-refractivity contribution in [2.45, 2.75) is 45.1 Å². The largest absolute Gasteiger partial charge is 0.366 e. The lowest BCUT2D eigenvalue weighted by Gasteiger charge is -2.40. The number of nitrogens with zero attached hydrogens (tertiary/aromatic N) is 5. The summed E-state index contributed by atoms with van der Waals surface area (Å²) in [5.74, 6) is 2.08. The molecule has 184 valence electrons. The maximum Gasteiger partial charge on any atom is 0.167 e. The highest BCUT2D eigenvalue weighted by Gasteiger charge is 2.34. The number of rotatable bonds is 6. The number of aromatic nitrogens is 5. The first-order valence-corrected chi connectivity index (χ1v) is 12.4. The van der Waals surface area contributed by atoms with Gasteiger partial charge in [0, 0.05) is 42.1 Å². The second kappa shape index (κ2) is 9.05. The zero-order valence-electron chi connectivity index (χ0n) is 20.4. The van der Waals surface area contributed by atoms with Gasteiger partial charge in [0.25, 0.3) is 0 Å². The topological polar surface area (TPSA) is 101 Å². The molecule has 0 bridgehead atoms. The molecule has 2 fully saturated rings. The monoisotopic (exact) mass is 484 g/mol. The van der Waals surface area contributed by atoms with Crippen molar-refractivity contribution in [1.29, 1.82) is 0 Å². The van der Waals surface area contributed by atoms with E-state index in [1.54, 1.807) is 12.3 Å². The Hall–Kier alpha value is -3.72. The fourth-order valence-corrected chi connectivity index (χ4v) is 4.89. The van der Waals surface area contributed by atoms with Gasteiger partial charge in [0.15, 0.2) is 17.5 Å². The van der Waals surface area contributed by atoms with Crippen LogP contribution in [0.2, 0.25) is 0 Å². The Labute approximate surface area is 209 Å². The molecule has 0 radical (unpaired) electrons. The second-order valence-corrected chi connectivity index (χ2v) is 10.3. The Bertz CT molecular complexity index is 1420. The Morgan fingerprint density at radius 2 is 1.92 bits per heavy atom. The standard InChI is InChI=1S/C27H29FN8/c1-27(2)15-29-10-8-21(27)34-26-23-18(16-5-6-16)13-30-14-20(23)33-24(36-26)17-7-11-31-22(12-17)35-25-19(28)4-3-9-32-25/h3-4,7,9,11-14,16,21,29H,5-6,8,10,15H2,1-2H3,(H,31,32,35)(H,33,34,36)/t21-/m0/s1. The molecular formula is C27H29FN8. The summed E-state index contributed by atoms with van der Waals surface area (Å²) in [5, 5.41) is 11.3. The maximum absolute atomic E-state index is 14.1.